The summed E-state index contributed by atoms with van der Waals surface area (Å²) in [5.74, 6) is -0.796. The van der Waals surface area contributed by atoms with Gasteiger partial charge in [0.2, 0.25) is 0 Å². The fourth-order valence-electron chi connectivity index (χ4n) is 2.81. The number of halogens is 1. The fraction of sp³-hybridized carbons (Fsp3) is 0.222. The largest absolute Gasteiger partial charge is 0.483 e. The molecule has 2 aromatic carbocycles. The quantitative estimate of drug-likeness (QED) is 0.939. The van der Waals surface area contributed by atoms with Gasteiger partial charge in [-0.25, -0.2) is 4.39 Å². The van der Waals surface area contributed by atoms with Crippen LogP contribution in [-0.2, 0) is 4.79 Å². The highest BCUT2D eigenvalue weighted by Crippen LogP contribution is 2.39. The van der Waals surface area contributed by atoms with Crippen molar-refractivity contribution in [3.8, 4) is 5.75 Å². The predicted molar refractivity (Wildman–Crippen MR) is 84.3 cm³/mol. The zero-order valence-electron chi connectivity index (χ0n) is 12.6. The molecule has 0 saturated carbocycles. The number of carbonyl (C=O) groups is 2. The molecule has 0 heterocycles. The maximum Gasteiger partial charge on any atom is 0.262 e. The Hall–Kier alpha value is -2.69. The van der Waals surface area contributed by atoms with E-state index in [2.05, 4.69) is 5.32 Å². The van der Waals surface area contributed by atoms with Crippen LogP contribution in [0.1, 0.15) is 35.2 Å². The van der Waals surface area contributed by atoms with E-state index in [1.807, 2.05) is 18.2 Å². The van der Waals surface area contributed by atoms with Crippen molar-refractivity contribution in [1.82, 2.24) is 0 Å². The van der Waals surface area contributed by atoms with Crippen LogP contribution in [0.15, 0.2) is 42.5 Å². The molecule has 1 aliphatic carbocycles. The van der Waals surface area contributed by atoms with Gasteiger partial charge >= 0.3 is 0 Å². The van der Waals surface area contributed by atoms with Crippen molar-refractivity contribution in [3.63, 3.8) is 0 Å². The Bertz CT molecular complexity index is 758. The summed E-state index contributed by atoms with van der Waals surface area (Å²) < 4.78 is 19.4. The lowest BCUT2D eigenvalue weighted by Crippen LogP contribution is -2.20. The van der Waals surface area contributed by atoms with Gasteiger partial charge in [-0.15, -0.1) is 0 Å². The first-order valence-electron chi connectivity index (χ1n) is 7.39. The number of amides is 1. The average Bonchev–Trinajstić information content (AvgIpc) is 2.84. The molecule has 4 nitrogen and oxygen atoms in total. The Balaban J connectivity index is 1.72. The third-order valence-corrected chi connectivity index (χ3v) is 3.83. The number of para-hydroxylation sites is 1. The van der Waals surface area contributed by atoms with Gasteiger partial charge in [-0.1, -0.05) is 25.1 Å². The predicted octanol–water partition coefficient (Wildman–Crippen LogP) is 3.53. The van der Waals surface area contributed by atoms with Crippen LogP contribution in [0.5, 0.6) is 5.75 Å². The number of hydrogen-bond acceptors (Lipinski definition) is 3. The fourth-order valence-corrected chi connectivity index (χ4v) is 2.81. The van der Waals surface area contributed by atoms with Crippen molar-refractivity contribution in [1.29, 1.82) is 0 Å². The zero-order valence-corrected chi connectivity index (χ0v) is 12.6. The van der Waals surface area contributed by atoms with Crippen molar-refractivity contribution in [2.75, 3.05) is 11.9 Å². The van der Waals surface area contributed by atoms with Crippen LogP contribution in [-0.4, -0.2) is 18.3 Å². The molecule has 0 radical (unpaired) electrons. The average molecular weight is 313 g/mol. The molecule has 23 heavy (non-hydrogen) atoms. The lowest BCUT2D eigenvalue weighted by atomic mass is 10.0. The molecule has 0 fully saturated rings. The van der Waals surface area contributed by atoms with E-state index in [-0.39, 0.29) is 41.9 Å². The first-order chi connectivity index (χ1) is 11.1. The van der Waals surface area contributed by atoms with Crippen LogP contribution in [0.2, 0.25) is 0 Å². The first kappa shape index (κ1) is 15.2. The molecule has 0 saturated heterocycles. The molecule has 118 valence electrons. The Labute approximate surface area is 133 Å². The summed E-state index contributed by atoms with van der Waals surface area (Å²) in [6, 6.07) is 11.7. The third-order valence-electron chi connectivity index (χ3n) is 3.83. The number of hydrogen-bond donors (Lipinski definition) is 1. The van der Waals surface area contributed by atoms with E-state index in [1.165, 1.54) is 12.1 Å². The number of ketones is 1. The van der Waals surface area contributed by atoms with Crippen LogP contribution >= 0.6 is 0 Å². The van der Waals surface area contributed by atoms with E-state index in [1.54, 1.807) is 19.1 Å². The minimum absolute atomic E-state index is 0.148. The van der Waals surface area contributed by atoms with Crippen molar-refractivity contribution < 1.29 is 18.7 Å². The van der Waals surface area contributed by atoms with Gasteiger partial charge in [0.15, 0.2) is 12.4 Å². The van der Waals surface area contributed by atoms with Gasteiger partial charge < -0.3 is 10.1 Å². The maximum atomic E-state index is 13.9. The number of rotatable bonds is 4. The van der Waals surface area contributed by atoms with Crippen LogP contribution < -0.4 is 10.1 Å². The van der Waals surface area contributed by atoms with Gasteiger partial charge in [0.1, 0.15) is 11.6 Å². The second kappa shape index (κ2) is 6.20. The SMILES string of the molecule is C[C@H]1CC(=O)c2c(OCC(=O)Nc3ccccc3)ccc(F)c21. The van der Waals surface area contributed by atoms with E-state index in [4.69, 9.17) is 4.74 Å². The normalized spacial score (nSPS) is 16.1. The van der Waals surface area contributed by atoms with Gasteiger partial charge in [-0.2, -0.15) is 0 Å². The highest BCUT2D eigenvalue weighted by Gasteiger charge is 2.32. The minimum Gasteiger partial charge on any atom is -0.483 e. The summed E-state index contributed by atoms with van der Waals surface area (Å²) in [5, 5.41) is 2.69. The number of fused-ring (bicyclic) bond motifs is 1. The molecular formula is C18H16FNO3. The van der Waals surface area contributed by atoms with Crippen LogP contribution in [0.4, 0.5) is 10.1 Å². The van der Waals surface area contributed by atoms with E-state index in [0.717, 1.165) is 0 Å². The summed E-state index contributed by atoms with van der Waals surface area (Å²) in [7, 11) is 0. The number of nitrogens with one attached hydrogen (secondary N) is 1. The molecular weight excluding hydrogens is 297 g/mol. The minimum atomic E-state index is -0.403. The molecule has 1 atom stereocenters. The van der Waals surface area contributed by atoms with Crippen LogP contribution in [0.3, 0.4) is 0 Å². The van der Waals surface area contributed by atoms with Gasteiger partial charge in [0, 0.05) is 17.7 Å². The monoisotopic (exact) mass is 313 g/mol. The summed E-state index contributed by atoms with van der Waals surface area (Å²) in [5.41, 5.74) is 1.32. The number of anilines is 1. The van der Waals surface area contributed by atoms with Crippen molar-refractivity contribution in [2.45, 2.75) is 19.3 Å². The van der Waals surface area contributed by atoms with Crippen LogP contribution in [0.25, 0.3) is 0 Å². The van der Waals surface area contributed by atoms with E-state index in [9.17, 15) is 14.0 Å². The Morgan fingerprint density at radius 1 is 1.26 bits per heavy atom. The van der Waals surface area contributed by atoms with Crippen molar-refractivity contribution >= 4 is 17.4 Å². The van der Waals surface area contributed by atoms with E-state index in [0.29, 0.717) is 11.3 Å². The zero-order chi connectivity index (χ0) is 16.4. The molecule has 1 amide bonds. The molecule has 5 heteroatoms. The molecule has 0 unspecified atom stereocenters. The Morgan fingerprint density at radius 2 is 2.00 bits per heavy atom. The number of carbonyl (C=O) groups excluding carboxylic acids is 2. The number of ether oxygens (including phenoxy) is 1. The molecule has 0 spiro atoms. The summed E-state index contributed by atoms with van der Waals surface area (Å²) >= 11 is 0. The second-order valence-electron chi connectivity index (χ2n) is 5.57. The van der Waals surface area contributed by atoms with Crippen molar-refractivity contribution in [3.05, 3.63) is 59.4 Å². The molecule has 1 aliphatic rings. The lowest BCUT2D eigenvalue weighted by Gasteiger charge is -2.12. The molecule has 1 N–H and O–H groups in total. The Kier molecular flexibility index (Phi) is 4.10. The topological polar surface area (TPSA) is 55.4 Å². The number of Topliss-reactive ketones (excluding diaryl/α,β-unsaturated/α-hetero) is 1. The highest BCUT2D eigenvalue weighted by molar-refractivity contribution is 6.04. The smallest absolute Gasteiger partial charge is 0.262 e. The maximum absolute atomic E-state index is 13.9. The molecule has 0 aliphatic heterocycles. The summed E-state index contributed by atoms with van der Waals surface area (Å²) in [6.07, 6.45) is 0.267. The summed E-state index contributed by atoms with van der Waals surface area (Å²) in [4.78, 5) is 23.9. The van der Waals surface area contributed by atoms with E-state index < -0.39 is 5.82 Å². The lowest BCUT2D eigenvalue weighted by molar-refractivity contribution is -0.118. The van der Waals surface area contributed by atoms with Gasteiger partial charge in [-0.05, 0) is 30.2 Å². The second-order valence-corrected chi connectivity index (χ2v) is 5.57. The molecule has 2 aromatic rings. The van der Waals surface area contributed by atoms with Crippen LogP contribution in [0, 0.1) is 5.82 Å². The Morgan fingerprint density at radius 3 is 2.74 bits per heavy atom. The number of benzene rings is 2. The molecule has 0 bridgehead atoms. The van der Waals surface area contributed by atoms with Gasteiger partial charge in [-0.3, -0.25) is 9.59 Å². The molecule has 3 rings (SSSR count). The summed E-state index contributed by atoms with van der Waals surface area (Å²) in [6.45, 7) is 1.56. The van der Waals surface area contributed by atoms with Gasteiger partial charge in [0.05, 0.1) is 5.56 Å². The first-order valence-corrected chi connectivity index (χ1v) is 7.39. The standard InChI is InChI=1S/C18H16FNO3/c1-11-9-14(21)18-15(8-7-13(19)17(11)18)23-10-16(22)20-12-5-3-2-4-6-12/h2-8,11H,9-10H2,1H3,(H,20,22)/t11-/m0/s1. The molecule has 0 aromatic heterocycles. The van der Waals surface area contributed by atoms with Crippen molar-refractivity contribution in [2.24, 2.45) is 0 Å². The van der Waals surface area contributed by atoms with E-state index >= 15 is 0 Å². The third kappa shape index (κ3) is 3.08. The highest BCUT2D eigenvalue weighted by atomic mass is 19.1. The van der Waals surface area contributed by atoms with Gasteiger partial charge in [0.25, 0.3) is 5.91 Å².